The third kappa shape index (κ3) is 5.15. The molecular formula is C21H15ClF3N3O2. The van der Waals surface area contributed by atoms with E-state index < -0.39 is 17.6 Å². The van der Waals surface area contributed by atoms with Crippen LogP contribution in [-0.2, 0) is 6.18 Å². The number of phenolic OH excluding ortho intramolecular Hbond substituents is 1. The number of pyridine rings is 1. The Kier molecular flexibility index (Phi) is 6.07. The Balaban J connectivity index is 1.76. The minimum Gasteiger partial charge on any atom is -0.506 e. The van der Waals surface area contributed by atoms with Crippen molar-refractivity contribution in [2.24, 2.45) is 5.10 Å². The summed E-state index contributed by atoms with van der Waals surface area (Å²) in [6.07, 6.45) is -3.02. The van der Waals surface area contributed by atoms with Crippen molar-refractivity contribution in [2.45, 2.75) is 13.1 Å². The van der Waals surface area contributed by atoms with Crippen LogP contribution in [0.15, 0.2) is 59.7 Å². The number of phenols is 1. The molecule has 1 aromatic heterocycles. The van der Waals surface area contributed by atoms with Gasteiger partial charge in [-0.2, -0.15) is 18.3 Å². The standard InChI is InChI=1S/C21H15ClF3N3O2/c1-12-8-13(11-26-28-20(30)15-4-7-19(29)17(22)10-15)9-18(27-12)14-2-5-16(6-3-14)21(23,24)25/h2-11,29H,1H3,(H,28,30). The Labute approximate surface area is 174 Å². The fourth-order valence-electron chi connectivity index (χ4n) is 2.63. The van der Waals surface area contributed by atoms with Crippen molar-refractivity contribution in [2.75, 3.05) is 0 Å². The van der Waals surface area contributed by atoms with Crippen LogP contribution in [0, 0.1) is 6.92 Å². The van der Waals surface area contributed by atoms with Gasteiger partial charge in [0.1, 0.15) is 5.75 Å². The van der Waals surface area contributed by atoms with Crippen LogP contribution >= 0.6 is 11.6 Å². The maximum Gasteiger partial charge on any atom is 0.416 e. The molecule has 3 rings (SSSR count). The Bertz CT molecular complexity index is 1110. The predicted octanol–water partition coefficient (Wildman–Crippen LogP) is 5.20. The highest BCUT2D eigenvalue weighted by atomic mass is 35.5. The van der Waals surface area contributed by atoms with Crippen LogP contribution in [0.4, 0.5) is 13.2 Å². The molecule has 5 nitrogen and oxygen atoms in total. The number of aromatic nitrogens is 1. The summed E-state index contributed by atoms with van der Waals surface area (Å²) in [5.41, 5.74) is 4.04. The lowest BCUT2D eigenvalue weighted by Gasteiger charge is -2.08. The highest BCUT2D eigenvalue weighted by Gasteiger charge is 2.30. The predicted molar refractivity (Wildman–Crippen MR) is 108 cm³/mol. The Morgan fingerprint density at radius 1 is 1.13 bits per heavy atom. The molecule has 30 heavy (non-hydrogen) atoms. The van der Waals surface area contributed by atoms with Gasteiger partial charge in [0.05, 0.1) is 22.5 Å². The minimum atomic E-state index is -4.41. The van der Waals surface area contributed by atoms with Crippen molar-refractivity contribution in [1.29, 1.82) is 0 Å². The van der Waals surface area contributed by atoms with Crippen molar-refractivity contribution in [3.05, 3.63) is 82.0 Å². The van der Waals surface area contributed by atoms with Crippen LogP contribution in [0.25, 0.3) is 11.3 Å². The average molecular weight is 434 g/mol. The van der Waals surface area contributed by atoms with E-state index in [-0.39, 0.29) is 16.3 Å². The molecule has 0 fully saturated rings. The molecule has 0 saturated heterocycles. The lowest BCUT2D eigenvalue weighted by molar-refractivity contribution is -0.137. The van der Waals surface area contributed by atoms with Gasteiger partial charge in [-0.25, -0.2) is 5.43 Å². The first-order valence-electron chi connectivity index (χ1n) is 8.62. The zero-order valence-corrected chi connectivity index (χ0v) is 16.3. The van der Waals surface area contributed by atoms with Gasteiger partial charge in [-0.3, -0.25) is 9.78 Å². The van der Waals surface area contributed by atoms with Gasteiger partial charge in [0.15, 0.2) is 0 Å². The zero-order valence-electron chi connectivity index (χ0n) is 15.5. The number of benzene rings is 2. The molecular weight excluding hydrogens is 419 g/mol. The number of nitrogens with one attached hydrogen (secondary N) is 1. The van der Waals surface area contributed by atoms with Crippen LogP contribution in [-0.4, -0.2) is 22.2 Å². The van der Waals surface area contributed by atoms with E-state index in [4.69, 9.17) is 11.6 Å². The first-order chi connectivity index (χ1) is 14.1. The first-order valence-corrected chi connectivity index (χ1v) is 8.99. The Morgan fingerprint density at radius 2 is 1.83 bits per heavy atom. The summed E-state index contributed by atoms with van der Waals surface area (Å²) in [5.74, 6) is -0.665. The molecule has 0 atom stereocenters. The van der Waals surface area contributed by atoms with Crippen molar-refractivity contribution in [1.82, 2.24) is 10.4 Å². The highest BCUT2D eigenvalue weighted by molar-refractivity contribution is 6.32. The highest BCUT2D eigenvalue weighted by Crippen LogP contribution is 2.30. The van der Waals surface area contributed by atoms with Crippen LogP contribution in [0.2, 0.25) is 5.02 Å². The number of carbonyl (C=O) groups is 1. The molecule has 2 N–H and O–H groups in total. The van der Waals surface area contributed by atoms with Gasteiger partial charge in [0, 0.05) is 16.8 Å². The minimum absolute atomic E-state index is 0.0394. The molecule has 9 heteroatoms. The molecule has 3 aromatic rings. The number of rotatable bonds is 4. The van der Waals surface area contributed by atoms with E-state index in [9.17, 15) is 23.1 Å². The van der Waals surface area contributed by atoms with E-state index in [2.05, 4.69) is 15.5 Å². The molecule has 0 aliphatic carbocycles. The zero-order chi connectivity index (χ0) is 21.9. The van der Waals surface area contributed by atoms with Gasteiger partial charge in [-0.1, -0.05) is 23.7 Å². The van der Waals surface area contributed by atoms with Crippen molar-refractivity contribution in [3.8, 4) is 17.0 Å². The summed E-state index contributed by atoms with van der Waals surface area (Å²) in [5, 5.41) is 13.3. The van der Waals surface area contributed by atoms with E-state index in [1.165, 1.54) is 36.5 Å². The number of hydrazone groups is 1. The van der Waals surface area contributed by atoms with Crippen LogP contribution < -0.4 is 5.43 Å². The van der Waals surface area contributed by atoms with Crippen LogP contribution in [0.5, 0.6) is 5.75 Å². The summed E-state index contributed by atoms with van der Waals surface area (Å²) in [4.78, 5) is 16.4. The van der Waals surface area contributed by atoms with Crippen molar-refractivity contribution in [3.63, 3.8) is 0 Å². The number of aryl methyl sites for hydroxylation is 1. The van der Waals surface area contributed by atoms with Gasteiger partial charge < -0.3 is 5.11 Å². The van der Waals surface area contributed by atoms with Gasteiger partial charge in [-0.05, 0) is 55.0 Å². The molecule has 2 aromatic carbocycles. The molecule has 154 valence electrons. The molecule has 1 heterocycles. The maximum atomic E-state index is 12.7. The topological polar surface area (TPSA) is 74.6 Å². The molecule has 0 radical (unpaired) electrons. The molecule has 1 amide bonds. The summed E-state index contributed by atoms with van der Waals surface area (Å²) in [6.45, 7) is 1.74. The number of amides is 1. The Morgan fingerprint density at radius 3 is 2.47 bits per heavy atom. The van der Waals surface area contributed by atoms with E-state index in [1.54, 1.807) is 19.1 Å². The molecule has 0 unspecified atom stereocenters. The number of alkyl halides is 3. The number of aromatic hydroxyl groups is 1. The van der Waals surface area contributed by atoms with E-state index in [0.29, 0.717) is 22.5 Å². The third-order valence-electron chi connectivity index (χ3n) is 4.07. The molecule has 0 spiro atoms. The number of hydrogen-bond acceptors (Lipinski definition) is 4. The van der Waals surface area contributed by atoms with E-state index in [1.807, 2.05) is 0 Å². The molecule has 0 aliphatic heterocycles. The third-order valence-corrected chi connectivity index (χ3v) is 4.38. The fourth-order valence-corrected chi connectivity index (χ4v) is 2.81. The van der Waals surface area contributed by atoms with Gasteiger partial charge in [0.2, 0.25) is 0 Å². The second kappa shape index (κ2) is 8.54. The number of nitrogens with zero attached hydrogens (tertiary/aromatic N) is 2. The van der Waals surface area contributed by atoms with Gasteiger partial charge >= 0.3 is 6.18 Å². The fraction of sp³-hybridized carbons (Fsp3) is 0.0952. The van der Waals surface area contributed by atoms with E-state index >= 15 is 0 Å². The normalized spacial score (nSPS) is 11.6. The number of hydrogen-bond donors (Lipinski definition) is 2. The second-order valence-corrected chi connectivity index (χ2v) is 6.77. The summed E-state index contributed by atoms with van der Waals surface area (Å²) in [7, 11) is 0. The van der Waals surface area contributed by atoms with Crippen LogP contribution in [0.1, 0.15) is 27.2 Å². The number of halogens is 4. The SMILES string of the molecule is Cc1cc(C=NNC(=O)c2ccc(O)c(Cl)c2)cc(-c2ccc(C(F)(F)F)cc2)n1. The maximum absolute atomic E-state index is 12.7. The number of carbonyl (C=O) groups excluding carboxylic acids is 1. The summed E-state index contributed by atoms with van der Waals surface area (Å²) in [6, 6.07) is 12.0. The lowest BCUT2D eigenvalue weighted by atomic mass is 10.1. The summed E-state index contributed by atoms with van der Waals surface area (Å²) < 4.78 is 38.2. The second-order valence-electron chi connectivity index (χ2n) is 6.37. The molecule has 0 bridgehead atoms. The smallest absolute Gasteiger partial charge is 0.416 e. The van der Waals surface area contributed by atoms with Crippen molar-refractivity contribution < 1.29 is 23.1 Å². The molecule has 0 aliphatic rings. The van der Waals surface area contributed by atoms with Crippen LogP contribution in [0.3, 0.4) is 0 Å². The lowest BCUT2D eigenvalue weighted by Crippen LogP contribution is -2.17. The largest absolute Gasteiger partial charge is 0.506 e. The van der Waals surface area contributed by atoms with Gasteiger partial charge in [-0.15, -0.1) is 0 Å². The Hall–Kier alpha value is -3.39. The van der Waals surface area contributed by atoms with Gasteiger partial charge in [0.25, 0.3) is 5.91 Å². The molecule has 0 saturated carbocycles. The first kappa shape index (κ1) is 21.3. The summed E-state index contributed by atoms with van der Waals surface area (Å²) >= 11 is 5.78. The van der Waals surface area contributed by atoms with E-state index in [0.717, 1.165) is 12.1 Å². The van der Waals surface area contributed by atoms with Crippen molar-refractivity contribution >= 4 is 23.7 Å². The quantitative estimate of drug-likeness (QED) is 0.438. The monoisotopic (exact) mass is 433 g/mol. The average Bonchev–Trinajstić information content (AvgIpc) is 2.69.